The molecule has 41 heavy (non-hydrogen) atoms. The lowest BCUT2D eigenvalue weighted by atomic mass is 9.81. The quantitative estimate of drug-likeness (QED) is 0.270. The van der Waals surface area contributed by atoms with Crippen LogP contribution in [-0.4, -0.2) is 61.3 Å². The average Bonchev–Trinajstić information content (AvgIpc) is 3.19. The summed E-state index contributed by atoms with van der Waals surface area (Å²) in [5.41, 5.74) is 2.34. The number of hydrogen-bond acceptors (Lipinski definition) is 7. The Kier molecular flexibility index (Phi) is 11.5. The maximum Gasteiger partial charge on any atom is 0.328 e. The monoisotopic (exact) mass is 635 g/mol. The Morgan fingerprint density at radius 2 is 1.78 bits per heavy atom. The van der Waals surface area contributed by atoms with Crippen molar-refractivity contribution >= 4 is 40.5 Å². The fourth-order valence-electron chi connectivity index (χ4n) is 4.85. The molecule has 0 spiro atoms. The number of methoxy groups -OCH3 is 1. The molecule has 224 valence electrons. The van der Waals surface area contributed by atoms with Gasteiger partial charge in [-0.1, -0.05) is 32.9 Å². The summed E-state index contributed by atoms with van der Waals surface area (Å²) in [6.07, 6.45) is 0.197. The number of amides is 1. The largest absolute Gasteiger partial charge is 0.490 e. The lowest BCUT2D eigenvalue weighted by molar-refractivity contribution is -0.144. The number of nitrogens with zero attached hydrogens (tertiary/aromatic N) is 1. The summed E-state index contributed by atoms with van der Waals surface area (Å²) >= 11 is 0. The first-order valence-corrected chi connectivity index (χ1v) is 13.3. The zero-order valence-electron chi connectivity index (χ0n) is 24.6. The maximum absolute atomic E-state index is 15.4. The highest BCUT2D eigenvalue weighted by atomic mass is 79.9. The number of amidine groups is 1. The molecule has 0 aromatic heterocycles. The highest BCUT2D eigenvalue weighted by molar-refractivity contribution is 8.93. The van der Waals surface area contributed by atoms with Crippen LogP contribution in [0.1, 0.15) is 74.2 Å². The second kappa shape index (κ2) is 13.9. The number of carbonyl (C=O) groups excluding carboxylic acids is 3. The third-order valence-corrected chi connectivity index (χ3v) is 6.63. The highest BCUT2D eigenvalue weighted by Crippen LogP contribution is 2.39. The van der Waals surface area contributed by atoms with Gasteiger partial charge in [0.15, 0.2) is 23.1 Å². The van der Waals surface area contributed by atoms with Crippen molar-refractivity contribution in [2.75, 3.05) is 26.9 Å². The smallest absolute Gasteiger partial charge is 0.328 e. The van der Waals surface area contributed by atoms with E-state index in [9.17, 15) is 14.4 Å². The molecule has 0 radical (unpaired) electrons. The minimum absolute atomic E-state index is 0. The van der Waals surface area contributed by atoms with E-state index < -0.39 is 17.8 Å². The number of rotatable bonds is 11. The minimum atomic E-state index is -0.869. The van der Waals surface area contributed by atoms with Crippen molar-refractivity contribution < 1.29 is 33.0 Å². The van der Waals surface area contributed by atoms with E-state index in [-0.39, 0.29) is 83.1 Å². The van der Waals surface area contributed by atoms with Crippen LogP contribution in [0.25, 0.3) is 0 Å². The fourth-order valence-corrected chi connectivity index (χ4v) is 4.85. The first kappa shape index (κ1) is 33.7. The lowest BCUT2D eigenvalue weighted by Crippen LogP contribution is -2.42. The molecule has 1 aliphatic heterocycles. The summed E-state index contributed by atoms with van der Waals surface area (Å²) in [7, 11) is 1.26. The topological polar surface area (TPSA) is 118 Å². The standard InChI is InChI=1S/C30H38FN3O6.BrH/c1-8-39-24-14-20-15-34(28(32)25(20)26(31)27(24)40-9-2)16-23(36)19-11-10-18(21(12-19)30(4,5)6)13-22(29(37)38-7)33-17(3)35;/h10-12,14,22,32H,8-9,13,15-16H2,1-7H3,(H,33,35);1H. The molecule has 0 aliphatic carbocycles. The summed E-state index contributed by atoms with van der Waals surface area (Å²) in [6.45, 7) is 11.5. The number of ketones is 1. The second-order valence-electron chi connectivity index (χ2n) is 10.6. The molecule has 2 aromatic carbocycles. The average molecular weight is 637 g/mol. The van der Waals surface area contributed by atoms with Crippen LogP contribution in [0.5, 0.6) is 11.5 Å². The van der Waals surface area contributed by atoms with Crippen LogP contribution in [0.2, 0.25) is 0 Å². The fraction of sp³-hybridized carbons (Fsp3) is 0.467. The van der Waals surface area contributed by atoms with Gasteiger partial charge in [0.2, 0.25) is 5.91 Å². The van der Waals surface area contributed by atoms with Crippen molar-refractivity contribution in [2.45, 2.75) is 66.0 Å². The molecule has 0 saturated carbocycles. The van der Waals surface area contributed by atoms with Crippen molar-refractivity contribution in [3.63, 3.8) is 0 Å². The van der Waals surface area contributed by atoms with Crippen molar-refractivity contribution in [3.05, 3.63) is 57.9 Å². The van der Waals surface area contributed by atoms with E-state index in [4.69, 9.17) is 19.6 Å². The summed E-state index contributed by atoms with van der Waals surface area (Å²) in [4.78, 5) is 38.9. The van der Waals surface area contributed by atoms with Gasteiger partial charge in [-0.25, -0.2) is 9.18 Å². The summed E-state index contributed by atoms with van der Waals surface area (Å²) in [6, 6.07) is 6.03. The van der Waals surface area contributed by atoms with Crippen LogP contribution in [0, 0.1) is 11.2 Å². The molecule has 1 heterocycles. The van der Waals surface area contributed by atoms with Gasteiger partial charge in [-0.05, 0) is 48.1 Å². The first-order chi connectivity index (χ1) is 18.8. The van der Waals surface area contributed by atoms with E-state index in [1.807, 2.05) is 20.8 Å². The Bertz CT molecular complexity index is 1320. The summed E-state index contributed by atoms with van der Waals surface area (Å²) < 4.78 is 31.3. The van der Waals surface area contributed by atoms with Crippen molar-refractivity contribution in [2.24, 2.45) is 0 Å². The van der Waals surface area contributed by atoms with Crippen LogP contribution >= 0.6 is 17.0 Å². The zero-order valence-corrected chi connectivity index (χ0v) is 26.3. The van der Waals surface area contributed by atoms with Crippen LogP contribution in [0.15, 0.2) is 24.3 Å². The molecule has 2 aromatic rings. The molecule has 1 unspecified atom stereocenters. The lowest BCUT2D eigenvalue weighted by Gasteiger charge is -2.26. The Balaban J connectivity index is 0.00000588. The predicted molar refractivity (Wildman–Crippen MR) is 159 cm³/mol. The molecule has 1 aliphatic rings. The van der Waals surface area contributed by atoms with Gasteiger partial charge in [0.05, 0.1) is 32.4 Å². The summed E-state index contributed by atoms with van der Waals surface area (Å²) in [5, 5.41) is 11.2. The molecule has 0 saturated heterocycles. The van der Waals surface area contributed by atoms with Gasteiger partial charge in [-0.15, -0.1) is 17.0 Å². The van der Waals surface area contributed by atoms with Crippen molar-refractivity contribution in [1.29, 1.82) is 5.41 Å². The van der Waals surface area contributed by atoms with E-state index in [1.165, 1.54) is 18.9 Å². The molecule has 11 heteroatoms. The first-order valence-electron chi connectivity index (χ1n) is 13.3. The number of Topliss-reactive ketones (excluding diaryl/α,β-unsaturated/α-hetero) is 1. The Morgan fingerprint density at radius 3 is 2.34 bits per heavy atom. The van der Waals surface area contributed by atoms with E-state index in [2.05, 4.69) is 5.32 Å². The Labute approximate surface area is 251 Å². The molecular weight excluding hydrogens is 597 g/mol. The zero-order chi connectivity index (χ0) is 29.8. The predicted octanol–water partition coefficient (Wildman–Crippen LogP) is 4.74. The molecular formula is C30H39BrFN3O6. The normalized spacial score (nSPS) is 13.2. The van der Waals surface area contributed by atoms with Gasteiger partial charge in [0, 0.05) is 25.5 Å². The highest BCUT2D eigenvalue weighted by Gasteiger charge is 2.33. The SMILES string of the molecule is Br.CCOc1cc2c(c(F)c1OCC)C(=N)N(CC(=O)c1ccc(CC(NC(C)=O)C(=O)OC)c(C(C)(C)C)c1)C2. The second-order valence-corrected chi connectivity index (χ2v) is 10.6. The van der Waals surface area contributed by atoms with Crippen LogP contribution in [0.4, 0.5) is 4.39 Å². The van der Waals surface area contributed by atoms with Gasteiger partial charge >= 0.3 is 5.97 Å². The Morgan fingerprint density at radius 1 is 1.12 bits per heavy atom. The molecule has 9 nitrogen and oxygen atoms in total. The number of ether oxygens (including phenoxy) is 3. The van der Waals surface area contributed by atoms with Gasteiger partial charge in [0.1, 0.15) is 11.9 Å². The van der Waals surface area contributed by atoms with Gasteiger partial charge in [0.25, 0.3) is 0 Å². The number of carbonyl (C=O) groups is 3. The van der Waals surface area contributed by atoms with Crippen LogP contribution in [0.3, 0.4) is 0 Å². The van der Waals surface area contributed by atoms with Gasteiger partial charge in [-0.3, -0.25) is 15.0 Å². The third kappa shape index (κ3) is 7.63. The Hall–Kier alpha value is -3.47. The molecule has 1 atom stereocenters. The molecule has 0 bridgehead atoms. The number of esters is 1. The molecule has 0 fully saturated rings. The number of benzene rings is 2. The van der Waals surface area contributed by atoms with Crippen LogP contribution in [-0.2, 0) is 32.7 Å². The van der Waals surface area contributed by atoms with Crippen LogP contribution < -0.4 is 14.8 Å². The van der Waals surface area contributed by atoms with E-state index >= 15 is 4.39 Å². The molecule has 1 amide bonds. The van der Waals surface area contributed by atoms with Gasteiger partial charge in [-0.2, -0.15) is 0 Å². The maximum atomic E-state index is 15.4. The van der Waals surface area contributed by atoms with E-state index in [1.54, 1.807) is 38.1 Å². The minimum Gasteiger partial charge on any atom is -0.490 e. The van der Waals surface area contributed by atoms with Crippen molar-refractivity contribution in [3.8, 4) is 11.5 Å². The molecule has 3 rings (SSSR count). The number of nitrogens with one attached hydrogen (secondary N) is 2. The van der Waals surface area contributed by atoms with Gasteiger partial charge < -0.3 is 24.4 Å². The number of hydrogen-bond donors (Lipinski definition) is 2. The molecule has 2 N–H and O–H groups in total. The number of fused-ring (bicyclic) bond motifs is 1. The van der Waals surface area contributed by atoms with E-state index in [0.717, 1.165) is 11.1 Å². The third-order valence-electron chi connectivity index (χ3n) is 6.63. The van der Waals surface area contributed by atoms with Crippen molar-refractivity contribution in [1.82, 2.24) is 10.2 Å². The number of halogens is 2. The summed E-state index contributed by atoms with van der Waals surface area (Å²) in [5.74, 6) is -1.67. The van der Waals surface area contributed by atoms with E-state index in [0.29, 0.717) is 17.7 Å².